The first-order valence-electron chi connectivity index (χ1n) is 9.48. The predicted molar refractivity (Wildman–Crippen MR) is 113 cm³/mol. The summed E-state index contributed by atoms with van der Waals surface area (Å²) in [5.41, 5.74) is 2.32. The molecule has 2 N–H and O–H groups in total. The highest BCUT2D eigenvalue weighted by Crippen LogP contribution is 2.22. The van der Waals surface area contributed by atoms with Crippen molar-refractivity contribution in [3.8, 4) is 6.07 Å². The van der Waals surface area contributed by atoms with Crippen molar-refractivity contribution in [3.63, 3.8) is 0 Å². The SMILES string of the molecule is C[C@H](NC(=O)c1ccc(C(C)(C)C)cc1)C(=O)OCC(=O)Nc1cccc(C#N)c1. The molecule has 2 rings (SSSR count). The summed E-state index contributed by atoms with van der Waals surface area (Å²) in [4.78, 5) is 36.4. The molecule has 0 saturated carbocycles. The lowest BCUT2D eigenvalue weighted by atomic mass is 9.86. The number of nitrogens with one attached hydrogen (secondary N) is 2. The van der Waals surface area contributed by atoms with Crippen LogP contribution in [0.1, 0.15) is 49.2 Å². The van der Waals surface area contributed by atoms with Gasteiger partial charge in [-0.2, -0.15) is 5.26 Å². The third-order valence-corrected chi connectivity index (χ3v) is 4.34. The highest BCUT2D eigenvalue weighted by atomic mass is 16.5. The zero-order valence-corrected chi connectivity index (χ0v) is 17.5. The summed E-state index contributed by atoms with van der Waals surface area (Å²) in [6.45, 7) is 7.22. The molecule has 2 amide bonds. The van der Waals surface area contributed by atoms with Gasteiger partial charge < -0.3 is 15.4 Å². The third-order valence-electron chi connectivity index (χ3n) is 4.34. The quantitative estimate of drug-likeness (QED) is 0.715. The second-order valence-electron chi connectivity index (χ2n) is 7.87. The number of anilines is 1. The highest BCUT2D eigenvalue weighted by Gasteiger charge is 2.20. The van der Waals surface area contributed by atoms with Gasteiger partial charge in [0, 0.05) is 11.3 Å². The van der Waals surface area contributed by atoms with E-state index >= 15 is 0 Å². The summed E-state index contributed by atoms with van der Waals surface area (Å²) in [5.74, 6) is -1.68. The minimum atomic E-state index is -0.922. The summed E-state index contributed by atoms with van der Waals surface area (Å²) in [6, 6.07) is 14.6. The van der Waals surface area contributed by atoms with Crippen LogP contribution in [-0.2, 0) is 19.7 Å². The van der Waals surface area contributed by atoms with Crippen molar-refractivity contribution in [2.75, 3.05) is 11.9 Å². The van der Waals surface area contributed by atoms with Crippen LogP contribution in [0, 0.1) is 11.3 Å². The van der Waals surface area contributed by atoms with Crippen molar-refractivity contribution in [1.29, 1.82) is 5.26 Å². The average molecular weight is 407 g/mol. The molecule has 0 aromatic heterocycles. The first-order chi connectivity index (χ1) is 14.1. The Labute approximate surface area is 176 Å². The van der Waals surface area contributed by atoms with E-state index in [-0.39, 0.29) is 5.41 Å². The van der Waals surface area contributed by atoms with Crippen molar-refractivity contribution in [2.24, 2.45) is 0 Å². The number of amides is 2. The molecule has 0 saturated heterocycles. The molecule has 0 aliphatic rings. The maximum absolute atomic E-state index is 12.3. The lowest BCUT2D eigenvalue weighted by Gasteiger charge is -2.19. The van der Waals surface area contributed by atoms with Gasteiger partial charge >= 0.3 is 5.97 Å². The second-order valence-corrected chi connectivity index (χ2v) is 7.87. The molecule has 0 radical (unpaired) electrons. The van der Waals surface area contributed by atoms with Gasteiger partial charge in [-0.05, 0) is 48.2 Å². The summed E-state index contributed by atoms with van der Waals surface area (Å²) in [5, 5.41) is 14.0. The number of ether oxygens (including phenoxy) is 1. The van der Waals surface area contributed by atoms with Crippen molar-refractivity contribution in [3.05, 3.63) is 65.2 Å². The van der Waals surface area contributed by atoms with Crippen LogP contribution in [0.4, 0.5) is 5.69 Å². The Balaban J connectivity index is 1.84. The summed E-state index contributed by atoms with van der Waals surface area (Å²) in [6.07, 6.45) is 0. The average Bonchev–Trinajstić information content (AvgIpc) is 2.71. The molecule has 30 heavy (non-hydrogen) atoms. The number of carbonyl (C=O) groups excluding carboxylic acids is 3. The van der Waals surface area contributed by atoms with Gasteiger partial charge in [0.05, 0.1) is 11.6 Å². The van der Waals surface area contributed by atoms with E-state index in [4.69, 9.17) is 10.00 Å². The maximum atomic E-state index is 12.3. The molecule has 0 aliphatic heterocycles. The Hall–Kier alpha value is -3.66. The van der Waals surface area contributed by atoms with Gasteiger partial charge in [0.1, 0.15) is 6.04 Å². The van der Waals surface area contributed by atoms with Gasteiger partial charge in [-0.3, -0.25) is 9.59 Å². The normalized spacial score (nSPS) is 11.7. The molecule has 7 nitrogen and oxygen atoms in total. The first-order valence-corrected chi connectivity index (χ1v) is 9.48. The Morgan fingerprint density at radius 1 is 1.10 bits per heavy atom. The van der Waals surface area contributed by atoms with Crippen LogP contribution in [0.2, 0.25) is 0 Å². The summed E-state index contributed by atoms with van der Waals surface area (Å²) in [7, 11) is 0. The van der Waals surface area contributed by atoms with E-state index in [1.54, 1.807) is 30.3 Å². The lowest BCUT2D eigenvalue weighted by molar-refractivity contribution is -0.148. The minimum Gasteiger partial charge on any atom is -0.454 e. The molecule has 0 heterocycles. The van der Waals surface area contributed by atoms with Crippen LogP contribution >= 0.6 is 0 Å². The fourth-order valence-electron chi connectivity index (χ4n) is 2.59. The van der Waals surface area contributed by atoms with Gasteiger partial charge in [0.2, 0.25) is 0 Å². The van der Waals surface area contributed by atoms with Crippen LogP contribution < -0.4 is 10.6 Å². The number of carbonyl (C=O) groups is 3. The Bertz CT molecular complexity index is 969. The van der Waals surface area contributed by atoms with E-state index in [9.17, 15) is 14.4 Å². The molecular weight excluding hydrogens is 382 g/mol. The van der Waals surface area contributed by atoms with Crippen LogP contribution in [0.15, 0.2) is 48.5 Å². The van der Waals surface area contributed by atoms with Crippen LogP contribution in [-0.4, -0.2) is 30.4 Å². The van der Waals surface area contributed by atoms with Crippen molar-refractivity contribution in [1.82, 2.24) is 5.32 Å². The van der Waals surface area contributed by atoms with Gasteiger partial charge in [-0.15, -0.1) is 0 Å². The Morgan fingerprint density at radius 3 is 2.37 bits per heavy atom. The molecule has 2 aromatic rings. The van der Waals surface area contributed by atoms with Gasteiger partial charge in [-0.1, -0.05) is 39.0 Å². The molecule has 0 fully saturated rings. The Morgan fingerprint density at radius 2 is 1.77 bits per heavy atom. The topological polar surface area (TPSA) is 108 Å². The predicted octanol–water partition coefficient (Wildman–Crippen LogP) is 3.16. The summed E-state index contributed by atoms with van der Waals surface area (Å²) < 4.78 is 4.96. The number of hydrogen-bond acceptors (Lipinski definition) is 5. The fourth-order valence-corrected chi connectivity index (χ4v) is 2.59. The second kappa shape index (κ2) is 9.70. The number of esters is 1. The van der Waals surface area contributed by atoms with E-state index in [1.165, 1.54) is 13.0 Å². The molecule has 0 aliphatic carbocycles. The third kappa shape index (κ3) is 6.45. The smallest absolute Gasteiger partial charge is 0.328 e. The van der Waals surface area contributed by atoms with E-state index < -0.39 is 30.4 Å². The molecule has 2 aromatic carbocycles. The van der Waals surface area contributed by atoms with Crippen molar-refractivity contribution < 1.29 is 19.1 Å². The number of nitriles is 1. The monoisotopic (exact) mass is 407 g/mol. The highest BCUT2D eigenvalue weighted by molar-refractivity contribution is 5.97. The van der Waals surface area contributed by atoms with E-state index in [2.05, 4.69) is 31.4 Å². The lowest BCUT2D eigenvalue weighted by Crippen LogP contribution is -2.40. The minimum absolute atomic E-state index is 0.0252. The molecule has 0 bridgehead atoms. The number of benzene rings is 2. The van der Waals surface area contributed by atoms with Crippen LogP contribution in [0.25, 0.3) is 0 Å². The summed E-state index contributed by atoms with van der Waals surface area (Å²) >= 11 is 0. The molecule has 1 atom stereocenters. The largest absolute Gasteiger partial charge is 0.454 e. The molecule has 156 valence electrons. The van der Waals surface area contributed by atoms with E-state index in [0.29, 0.717) is 16.8 Å². The first kappa shape index (κ1) is 22.6. The van der Waals surface area contributed by atoms with E-state index in [1.807, 2.05) is 18.2 Å². The molecule has 0 spiro atoms. The number of hydrogen-bond donors (Lipinski definition) is 2. The van der Waals surface area contributed by atoms with Crippen molar-refractivity contribution >= 4 is 23.5 Å². The number of rotatable bonds is 6. The number of nitrogens with zero attached hydrogens (tertiary/aromatic N) is 1. The van der Waals surface area contributed by atoms with Gasteiger partial charge in [0.15, 0.2) is 6.61 Å². The van der Waals surface area contributed by atoms with Crippen molar-refractivity contribution in [2.45, 2.75) is 39.2 Å². The van der Waals surface area contributed by atoms with Gasteiger partial charge in [0.25, 0.3) is 11.8 Å². The molecule has 7 heteroatoms. The molecule has 0 unspecified atom stereocenters. The van der Waals surface area contributed by atoms with Crippen LogP contribution in [0.3, 0.4) is 0 Å². The van der Waals surface area contributed by atoms with E-state index in [0.717, 1.165) is 5.56 Å². The zero-order valence-electron chi connectivity index (χ0n) is 17.5. The fraction of sp³-hybridized carbons (Fsp3) is 0.304. The zero-order chi connectivity index (χ0) is 22.3. The van der Waals surface area contributed by atoms with Gasteiger partial charge in [-0.25, -0.2) is 4.79 Å². The molecular formula is C23H25N3O4. The van der Waals surface area contributed by atoms with Crippen LogP contribution in [0.5, 0.6) is 0 Å². The standard InChI is InChI=1S/C23H25N3O4/c1-15(25-21(28)17-8-10-18(11-9-17)23(2,3)4)22(29)30-14-20(27)26-19-7-5-6-16(12-19)13-24/h5-12,15H,14H2,1-4H3,(H,25,28)(H,26,27)/t15-/m0/s1. The Kier molecular flexibility index (Phi) is 7.32. The maximum Gasteiger partial charge on any atom is 0.328 e.